The molecule has 0 unspecified atom stereocenters. The van der Waals surface area contributed by atoms with Gasteiger partial charge in [0.1, 0.15) is 12.6 Å². The van der Waals surface area contributed by atoms with Gasteiger partial charge >= 0.3 is 5.97 Å². The van der Waals surface area contributed by atoms with Crippen LogP contribution in [0.25, 0.3) is 0 Å². The van der Waals surface area contributed by atoms with Gasteiger partial charge in [-0.1, -0.05) is 33.1 Å². The topological polar surface area (TPSA) is 84.5 Å². The van der Waals surface area contributed by atoms with Gasteiger partial charge < -0.3 is 15.4 Å². The van der Waals surface area contributed by atoms with E-state index >= 15 is 0 Å². The molecule has 0 aliphatic carbocycles. The SMILES string of the molecule is CC(C)[C@@H]1NC(=O)CCCCCCCC(=O)N[C@@H](C)COC1=O. The maximum Gasteiger partial charge on any atom is 0.328 e. The fourth-order valence-electron chi connectivity index (χ4n) is 2.53. The largest absolute Gasteiger partial charge is 0.462 e. The van der Waals surface area contributed by atoms with Crippen molar-refractivity contribution in [1.82, 2.24) is 10.6 Å². The van der Waals surface area contributed by atoms with Crippen molar-refractivity contribution in [3.8, 4) is 0 Å². The van der Waals surface area contributed by atoms with Crippen molar-refractivity contribution in [3.05, 3.63) is 0 Å². The molecule has 6 nitrogen and oxygen atoms in total. The third-order valence-electron chi connectivity index (χ3n) is 3.93. The van der Waals surface area contributed by atoms with E-state index in [1.165, 1.54) is 0 Å². The Balaban J connectivity index is 2.65. The van der Waals surface area contributed by atoms with E-state index in [0.29, 0.717) is 12.8 Å². The summed E-state index contributed by atoms with van der Waals surface area (Å²) in [5, 5.41) is 5.60. The molecule has 1 fully saturated rings. The van der Waals surface area contributed by atoms with E-state index in [4.69, 9.17) is 4.74 Å². The normalized spacial score (nSPS) is 26.3. The van der Waals surface area contributed by atoms with Gasteiger partial charge in [-0.2, -0.15) is 0 Å². The summed E-state index contributed by atoms with van der Waals surface area (Å²) in [5.41, 5.74) is 0. The van der Waals surface area contributed by atoms with Crippen molar-refractivity contribution in [2.24, 2.45) is 5.92 Å². The van der Waals surface area contributed by atoms with Crippen molar-refractivity contribution < 1.29 is 19.1 Å². The minimum absolute atomic E-state index is 0.00523. The number of esters is 1. The Morgan fingerprint density at radius 1 is 0.913 bits per heavy atom. The lowest BCUT2D eigenvalue weighted by Crippen LogP contribution is -2.46. The molecule has 1 aliphatic rings. The van der Waals surface area contributed by atoms with Gasteiger partial charge in [0.2, 0.25) is 11.8 Å². The molecule has 1 saturated heterocycles. The molecule has 2 amide bonds. The number of ether oxygens (including phenoxy) is 1. The van der Waals surface area contributed by atoms with Gasteiger partial charge in [0, 0.05) is 12.8 Å². The van der Waals surface area contributed by atoms with E-state index < -0.39 is 12.0 Å². The number of rotatable bonds is 1. The highest BCUT2D eigenvalue weighted by molar-refractivity contribution is 5.84. The number of carbonyl (C=O) groups is 3. The second-order valence-electron chi connectivity index (χ2n) is 6.66. The van der Waals surface area contributed by atoms with Gasteiger partial charge in [-0.15, -0.1) is 0 Å². The Kier molecular flexibility index (Phi) is 8.66. The number of nitrogens with one attached hydrogen (secondary N) is 2. The Bertz CT molecular complexity index is 409. The highest BCUT2D eigenvalue weighted by Gasteiger charge is 2.26. The first-order valence-corrected chi connectivity index (χ1v) is 8.65. The number of carbonyl (C=O) groups excluding carboxylic acids is 3. The van der Waals surface area contributed by atoms with E-state index in [-0.39, 0.29) is 30.4 Å². The van der Waals surface area contributed by atoms with Crippen LogP contribution >= 0.6 is 0 Å². The molecule has 1 aliphatic heterocycles. The van der Waals surface area contributed by atoms with Crippen LogP contribution in [-0.2, 0) is 19.1 Å². The molecule has 6 heteroatoms. The summed E-state index contributed by atoms with van der Waals surface area (Å²) in [6.07, 6.45) is 5.54. The molecule has 0 aromatic rings. The lowest BCUT2D eigenvalue weighted by atomic mass is 10.0. The first-order chi connectivity index (χ1) is 10.9. The van der Waals surface area contributed by atoms with Crippen LogP contribution in [0.15, 0.2) is 0 Å². The molecule has 0 aromatic heterocycles. The summed E-state index contributed by atoms with van der Waals surface area (Å²) in [6.45, 7) is 5.66. The van der Waals surface area contributed by atoms with Crippen LogP contribution in [-0.4, -0.2) is 36.5 Å². The quantitative estimate of drug-likeness (QED) is 0.721. The zero-order chi connectivity index (χ0) is 17.2. The van der Waals surface area contributed by atoms with Crippen LogP contribution in [0.5, 0.6) is 0 Å². The average molecular weight is 326 g/mol. The fraction of sp³-hybridized carbons (Fsp3) is 0.824. The Hall–Kier alpha value is -1.59. The predicted octanol–water partition coefficient (Wildman–Crippen LogP) is 1.92. The van der Waals surface area contributed by atoms with E-state index in [2.05, 4.69) is 10.6 Å². The molecular formula is C17H30N2O4. The molecule has 1 rings (SSSR count). The monoisotopic (exact) mass is 326 g/mol. The van der Waals surface area contributed by atoms with Crippen LogP contribution in [0.3, 0.4) is 0 Å². The first-order valence-electron chi connectivity index (χ1n) is 8.65. The van der Waals surface area contributed by atoms with Gasteiger partial charge in [0.25, 0.3) is 0 Å². The molecule has 0 aromatic carbocycles. The zero-order valence-corrected chi connectivity index (χ0v) is 14.5. The first kappa shape index (κ1) is 19.5. The van der Waals surface area contributed by atoms with Crippen LogP contribution in [0.1, 0.15) is 65.7 Å². The number of cyclic esters (lactones) is 1. The van der Waals surface area contributed by atoms with Gasteiger partial charge in [0.15, 0.2) is 0 Å². The second-order valence-corrected chi connectivity index (χ2v) is 6.66. The number of hydrogen-bond donors (Lipinski definition) is 2. The van der Waals surface area contributed by atoms with Gasteiger partial charge in [0.05, 0.1) is 6.04 Å². The minimum Gasteiger partial charge on any atom is -0.462 e. The van der Waals surface area contributed by atoms with Crippen molar-refractivity contribution in [2.45, 2.75) is 77.8 Å². The summed E-state index contributed by atoms with van der Waals surface area (Å²) >= 11 is 0. The van der Waals surface area contributed by atoms with Crippen molar-refractivity contribution >= 4 is 17.8 Å². The van der Waals surface area contributed by atoms with Crippen molar-refractivity contribution in [1.29, 1.82) is 0 Å². The van der Waals surface area contributed by atoms with E-state index in [1.54, 1.807) is 6.92 Å². The molecule has 1 heterocycles. The maximum atomic E-state index is 12.2. The summed E-state index contributed by atoms with van der Waals surface area (Å²) in [7, 11) is 0. The Labute approximate surface area is 138 Å². The smallest absolute Gasteiger partial charge is 0.328 e. The predicted molar refractivity (Wildman–Crippen MR) is 87.7 cm³/mol. The van der Waals surface area contributed by atoms with Crippen LogP contribution in [0.2, 0.25) is 0 Å². The van der Waals surface area contributed by atoms with Crippen molar-refractivity contribution in [3.63, 3.8) is 0 Å². The van der Waals surface area contributed by atoms with Crippen LogP contribution < -0.4 is 10.6 Å². The number of hydrogen-bond acceptors (Lipinski definition) is 4. The molecule has 23 heavy (non-hydrogen) atoms. The summed E-state index contributed by atoms with van der Waals surface area (Å²) in [6, 6.07) is -0.874. The highest BCUT2D eigenvalue weighted by Crippen LogP contribution is 2.10. The molecule has 2 N–H and O–H groups in total. The van der Waals surface area contributed by atoms with E-state index in [1.807, 2.05) is 13.8 Å². The molecule has 0 spiro atoms. The number of amides is 2. The van der Waals surface area contributed by atoms with Crippen LogP contribution in [0.4, 0.5) is 0 Å². The highest BCUT2D eigenvalue weighted by atomic mass is 16.5. The summed E-state index contributed by atoms with van der Waals surface area (Å²) < 4.78 is 5.26. The Morgan fingerprint density at radius 3 is 2.00 bits per heavy atom. The molecule has 2 atom stereocenters. The molecule has 132 valence electrons. The van der Waals surface area contributed by atoms with E-state index in [9.17, 15) is 14.4 Å². The third-order valence-corrected chi connectivity index (χ3v) is 3.93. The molecular weight excluding hydrogens is 296 g/mol. The standard InChI is InChI=1S/C17H30N2O4/c1-12(2)16-17(22)23-11-13(3)18-14(20)9-7-5-4-6-8-10-15(21)19-16/h12-13,16H,4-11H2,1-3H3,(H,18,20)(H,19,21)/t13-,16-/m0/s1. The van der Waals surface area contributed by atoms with Crippen molar-refractivity contribution in [2.75, 3.05) is 6.61 Å². The van der Waals surface area contributed by atoms with Gasteiger partial charge in [-0.25, -0.2) is 4.79 Å². The van der Waals surface area contributed by atoms with Gasteiger partial charge in [-0.05, 0) is 25.7 Å². The molecule has 0 radical (unpaired) electrons. The molecule has 0 bridgehead atoms. The third kappa shape index (κ3) is 8.00. The Morgan fingerprint density at radius 2 is 1.43 bits per heavy atom. The van der Waals surface area contributed by atoms with E-state index in [0.717, 1.165) is 32.1 Å². The summed E-state index contributed by atoms with van der Waals surface area (Å²) in [4.78, 5) is 35.9. The van der Waals surface area contributed by atoms with Crippen LogP contribution in [0, 0.1) is 5.92 Å². The maximum absolute atomic E-state index is 12.2. The minimum atomic E-state index is -0.640. The molecule has 0 saturated carbocycles. The average Bonchev–Trinajstić information content (AvgIpc) is 2.48. The lowest BCUT2D eigenvalue weighted by molar-refractivity contribution is -0.150. The fourth-order valence-corrected chi connectivity index (χ4v) is 2.53. The second kappa shape index (κ2) is 10.2. The summed E-state index contributed by atoms with van der Waals surface area (Å²) in [5.74, 6) is -0.597. The lowest BCUT2D eigenvalue weighted by Gasteiger charge is -2.22. The van der Waals surface area contributed by atoms with Gasteiger partial charge in [-0.3, -0.25) is 9.59 Å². The zero-order valence-electron chi connectivity index (χ0n) is 14.5.